The molecule has 0 amide bonds. The molecular formula is C20H21FN4. The van der Waals surface area contributed by atoms with Gasteiger partial charge in [0.2, 0.25) is 0 Å². The van der Waals surface area contributed by atoms with Gasteiger partial charge in [-0.3, -0.25) is 0 Å². The monoisotopic (exact) mass is 336 g/mol. The van der Waals surface area contributed by atoms with Gasteiger partial charge in [-0.25, -0.2) is 14.4 Å². The number of aryl methyl sites for hydroxylation is 2. The van der Waals surface area contributed by atoms with Crippen LogP contribution in [0.3, 0.4) is 0 Å². The molecule has 0 aliphatic heterocycles. The van der Waals surface area contributed by atoms with Gasteiger partial charge in [0, 0.05) is 18.3 Å². The molecule has 2 aromatic carbocycles. The molecule has 0 spiro atoms. The maximum atomic E-state index is 12.9. The van der Waals surface area contributed by atoms with Gasteiger partial charge in [-0.2, -0.15) is 0 Å². The molecule has 0 bridgehead atoms. The molecular weight excluding hydrogens is 315 g/mol. The van der Waals surface area contributed by atoms with Crippen molar-refractivity contribution in [2.75, 3.05) is 17.2 Å². The van der Waals surface area contributed by atoms with Gasteiger partial charge in [-0.1, -0.05) is 18.2 Å². The van der Waals surface area contributed by atoms with Crippen molar-refractivity contribution in [2.24, 2.45) is 0 Å². The maximum absolute atomic E-state index is 12.9. The number of hydrogen-bond donors (Lipinski definition) is 2. The summed E-state index contributed by atoms with van der Waals surface area (Å²) in [6.45, 7) is 4.89. The lowest BCUT2D eigenvalue weighted by Crippen LogP contribution is -2.07. The average molecular weight is 336 g/mol. The highest BCUT2D eigenvalue weighted by molar-refractivity contribution is 5.60. The molecule has 128 valence electrons. The van der Waals surface area contributed by atoms with E-state index in [2.05, 4.69) is 46.6 Å². The number of hydrogen-bond acceptors (Lipinski definition) is 4. The van der Waals surface area contributed by atoms with Gasteiger partial charge < -0.3 is 10.6 Å². The molecule has 1 heterocycles. The Bertz CT molecular complexity index is 847. The van der Waals surface area contributed by atoms with Crippen LogP contribution in [0.1, 0.15) is 16.7 Å². The molecule has 0 radical (unpaired) electrons. The van der Waals surface area contributed by atoms with Gasteiger partial charge >= 0.3 is 0 Å². The Morgan fingerprint density at radius 2 is 1.64 bits per heavy atom. The number of rotatable bonds is 6. The van der Waals surface area contributed by atoms with Crippen molar-refractivity contribution in [1.82, 2.24) is 9.97 Å². The van der Waals surface area contributed by atoms with E-state index in [1.54, 1.807) is 12.1 Å². The second-order valence-electron chi connectivity index (χ2n) is 6.02. The van der Waals surface area contributed by atoms with Crippen LogP contribution >= 0.6 is 0 Å². The number of aromatic nitrogens is 2. The Morgan fingerprint density at radius 3 is 2.40 bits per heavy atom. The third-order valence-corrected chi connectivity index (χ3v) is 4.08. The van der Waals surface area contributed by atoms with Crippen LogP contribution in [0.2, 0.25) is 0 Å². The second-order valence-corrected chi connectivity index (χ2v) is 6.02. The number of nitrogens with zero attached hydrogens (tertiary/aromatic N) is 2. The first-order chi connectivity index (χ1) is 12.1. The summed E-state index contributed by atoms with van der Waals surface area (Å²) in [5.74, 6) is 1.28. The zero-order valence-electron chi connectivity index (χ0n) is 14.4. The van der Waals surface area contributed by atoms with Crippen LogP contribution in [0, 0.1) is 19.7 Å². The van der Waals surface area contributed by atoms with Crippen LogP contribution in [0.4, 0.5) is 21.7 Å². The zero-order chi connectivity index (χ0) is 17.6. The van der Waals surface area contributed by atoms with E-state index in [4.69, 9.17) is 0 Å². The third kappa shape index (κ3) is 4.76. The Kier molecular flexibility index (Phi) is 5.23. The minimum absolute atomic E-state index is 0.213. The maximum Gasteiger partial charge on any atom is 0.135 e. The summed E-state index contributed by atoms with van der Waals surface area (Å²) in [4.78, 5) is 8.49. The summed E-state index contributed by atoms with van der Waals surface area (Å²) in [5.41, 5.74) is 4.57. The van der Waals surface area contributed by atoms with Crippen LogP contribution < -0.4 is 10.6 Å². The standard InChI is InChI=1S/C20H21FN4/c1-14-3-8-18(11-15(14)2)25-20-12-19(23-13-24-20)22-10-9-16-4-6-17(21)7-5-16/h3-8,11-13H,9-10H2,1-2H3,(H2,22,23,24,25). The molecule has 3 rings (SSSR count). The van der Waals surface area contributed by atoms with Gasteiger partial charge in [0.15, 0.2) is 0 Å². The topological polar surface area (TPSA) is 49.8 Å². The predicted octanol–water partition coefficient (Wildman–Crippen LogP) is 4.63. The van der Waals surface area contributed by atoms with E-state index in [0.29, 0.717) is 6.54 Å². The van der Waals surface area contributed by atoms with E-state index >= 15 is 0 Å². The van der Waals surface area contributed by atoms with Gasteiger partial charge in [0.1, 0.15) is 23.8 Å². The van der Waals surface area contributed by atoms with Crippen molar-refractivity contribution in [3.8, 4) is 0 Å². The van der Waals surface area contributed by atoms with Crippen molar-refractivity contribution >= 4 is 17.3 Å². The molecule has 25 heavy (non-hydrogen) atoms. The average Bonchev–Trinajstić information content (AvgIpc) is 2.60. The zero-order valence-corrected chi connectivity index (χ0v) is 14.4. The molecule has 2 N–H and O–H groups in total. The summed E-state index contributed by atoms with van der Waals surface area (Å²) in [5, 5.41) is 6.56. The highest BCUT2D eigenvalue weighted by atomic mass is 19.1. The largest absolute Gasteiger partial charge is 0.370 e. The Morgan fingerprint density at radius 1 is 0.880 bits per heavy atom. The van der Waals surface area contributed by atoms with E-state index in [9.17, 15) is 4.39 Å². The van der Waals surface area contributed by atoms with Crippen molar-refractivity contribution in [2.45, 2.75) is 20.3 Å². The molecule has 3 aromatic rings. The smallest absolute Gasteiger partial charge is 0.135 e. The fourth-order valence-electron chi connectivity index (χ4n) is 2.48. The van der Waals surface area contributed by atoms with Crippen molar-refractivity contribution in [1.29, 1.82) is 0 Å². The van der Waals surface area contributed by atoms with E-state index in [0.717, 1.165) is 29.3 Å². The highest BCUT2D eigenvalue weighted by Gasteiger charge is 2.02. The van der Waals surface area contributed by atoms with E-state index in [-0.39, 0.29) is 5.82 Å². The van der Waals surface area contributed by atoms with Gasteiger partial charge in [-0.05, 0) is 61.2 Å². The molecule has 0 saturated heterocycles. The molecule has 0 saturated carbocycles. The summed E-state index contributed by atoms with van der Waals surface area (Å²) < 4.78 is 12.9. The van der Waals surface area contributed by atoms with Crippen LogP contribution in [0.15, 0.2) is 54.9 Å². The first-order valence-electron chi connectivity index (χ1n) is 8.25. The Balaban J connectivity index is 1.59. The van der Waals surface area contributed by atoms with E-state index in [1.165, 1.54) is 29.6 Å². The van der Waals surface area contributed by atoms with Crippen LogP contribution in [-0.4, -0.2) is 16.5 Å². The lowest BCUT2D eigenvalue weighted by atomic mass is 10.1. The highest BCUT2D eigenvalue weighted by Crippen LogP contribution is 2.19. The lowest BCUT2D eigenvalue weighted by Gasteiger charge is -2.10. The number of benzene rings is 2. The number of anilines is 3. The molecule has 5 heteroatoms. The van der Waals surface area contributed by atoms with E-state index < -0.39 is 0 Å². The van der Waals surface area contributed by atoms with Crippen LogP contribution in [0.25, 0.3) is 0 Å². The van der Waals surface area contributed by atoms with E-state index in [1.807, 2.05) is 12.1 Å². The normalized spacial score (nSPS) is 10.5. The number of nitrogens with one attached hydrogen (secondary N) is 2. The second kappa shape index (κ2) is 7.75. The molecule has 0 atom stereocenters. The SMILES string of the molecule is Cc1ccc(Nc2cc(NCCc3ccc(F)cc3)ncn2)cc1C. The molecule has 1 aromatic heterocycles. The summed E-state index contributed by atoms with van der Waals surface area (Å²) in [6.07, 6.45) is 2.33. The summed E-state index contributed by atoms with van der Waals surface area (Å²) in [6, 6.07) is 14.6. The Hall–Kier alpha value is -2.95. The molecule has 0 aliphatic rings. The quantitative estimate of drug-likeness (QED) is 0.689. The Labute approximate surface area is 147 Å². The van der Waals surface area contributed by atoms with Crippen molar-refractivity contribution in [3.05, 3.63) is 77.4 Å². The van der Waals surface area contributed by atoms with Crippen LogP contribution in [-0.2, 0) is 6.42 Å². The third-order valence-electron chi connectivity index (χ3n) is 4.08. The summed E-state index contributed by atoms with van der Waals surface area (Å²) >= 11 is 0. The van der Waals surface area contributed by atoms with Gasteiger partial charge in [0.25, 0.3) is 0 Å². The summed E-state index contributed by atoms with van der Waals surface area (Å²) in [7, 11) is 0. The first-order valence-corrected chi connectivity index (χ1v) is 8.25. The molecule has 0 fully saturated rings. The molecule has 0 aliphatic carbocycles. The minimum Gasteiger partial charge on any atom is -0.370 e. The number of halogens is 1. The van der Waals surface area contributed by atoms with Gasteiger partial charge in [0.05, 0.1) is 0 Å². The molecule has 0 unspecified atom stereocenters. The minimum atomic E-state index is -0.213. The fraction of sp³-hybridized carbons (Fsp3) is 0.200. The fourth-order valence-corrected chi connectivity index (χ4v) is 2.48. The van der Waals surface area contributed by atoms with Crippen LogP contribution in [0.5, 0.6) is 0 Å². The molecule has 4 nitrogen and oxygen atoms in total. The van der Waals surface area contributed by atoms with Gasteiger partial charge in [-0.15, -0.1) is 0 Å². The first kappa shape index (κ1) is 16.9. The van der Waals surface area contributed by atoms with Crippen molar-refractivity contribution in [3.63, 3.8) is 0 Å². The lowest BCUT2D eigenvalue weighted by molar-refractivity contribution is 0.627. The predicted molar refractivity (Wildman–Crippen MR) is 99.8 cm³/mol. The van der Waals surface area contributed by atoms with Crippen molar-refractivity contribution < 1.29 is 4.39 Å².